The zero-order chi connectivity index (χ0) is 17.2. The molecule has 1 aliphatic carbocycles. The molecule has 3 rings (SSSR count). The van der Waals surface area contributed by atoms with Crippen molar-refractivity contribution in [1.29, 1.82) is 5.26 Å². The molecule has 6 nitrogen and oxygen atoms in total. The van der Waals surface area contributed by atoms with Gasteiger partial charge in [-0.2, -0.15) is 5.26 Å². The van der Waals surface area contributed by atoms with Gasteiger partial charge in [0.05, 0.1) is 18.2 Å². The summed E-state index contributed by atoms with van der Waals surface area (Å²) in [4.78, 5) is 26.3. The van der Waals surface area contributed by atoms with Gasteiger partial charge in [-0.25, -0.2) is 4.79 Å². The van der Waals surface area contributed by atoms with Crippen molar-refractivity contribution in [3.05, 3.63) is 29.8 Å². The average Bonchev–Trinajstić information content (AvgIpc) is 2.83. The Labute approximate surface area is 141 Å². The minimum Gasteiger partial charge on any atom is -0.492 e. The van der Waals surface area contributed by atoms with Gasteiger partial charge in [-0.05, 0) is 43.0 Å². The van der Waals surface area contributed by atoms with Crippen molar-refractivity contribution in [3.63, 3.8) is 0 Å². The van der Waals surface area contributed by atoms with Gasteiger partial charge in [0.1, 0.15) is 17.9 Å². The third-order valence-electron chi connectivity index (χ3n) is 5.07. The number of benzene rings is 1. The number of carbonyl (C=O) groups is 2. The fourth-order valence-electron chi connectivity index (χ4n) is 3.58. The lowest BCUT2D eigenvalue weighted by Crippen LogP contribution is -2.54. The maximum absolute atomic E-state index is 12.8. The lowest BCUT2D eigenvalue weighted by atomic mass is 9.73. The van der Waals surface area contributed by atoms with E-state index in [2.05, 4.69) is 5.32 Å². The molecule has 1 aromatic rings. The molecule has 1 saturated heterocycles. The molecule has 0 radical (unpaired) electrons. The molecular formula is C18H21N3O3. The number of rotatable bonds is 4. The van der Waals surface area contributed by atoms with Crippen molar-refractivity contribution in [2.45, 2.75) is 38.1 Å². The van der Waals surface area contributed by atoms with Gasteiger partial charge in [-0.15, -0.1) is 0 Å². The van der Waals surface area contributed by atoms with E-state index in [4.69, 9.17) is 10.00 Å². The van der Waals surface area contributed by atoms with E-state index < -0.39 is 5.54 Å². The van der Waals surface area contributed by atoms with Crippen LogP contribution in [0.1, 0.15) is 38.2 Å². The SMILES string of the molecule is C[C@H]1CCCC[C@]12NC(=O)N(CCOc1ccc(C#N)cc1)C2=O. The summed E-state index contributed by atoms with van der Waals surface area (Å²) in [6, 6.07) is 8.46. The molecule has 1 N–H and O–H groups in total. The summed E-state index contributed by atoms with van der Waals surface area (Å²) in [7, 11) is 0. The number of hydrogen-bond donors (Lipinski definition) is 1. The van der Waals surface area contributed by atoms with Crippen LogP contribution in [0.15, 0.2) is 24.3 Å². The first-order valence-corrected chi connectivity index (χ1v) is 8.34. The topological polar surface area (TPSA) is 82.4 Å². The van der Waals surface area contributed by atoms with E-state index >= 15 is 0 Å². The molecule has 1 spiro atoms. The Morgan fingerprint density at radius 2 is 2.08 bits per heavy atom. The fraction of sp³-hybridized carbons (Fsp3) is 0.500. The van der Waals surface area contributed by atoms with E-state index in [1.165, 1.54) is 4.90 Å². The summed E-state index contributed by atoms with van der Waals surface area (Å²) in [6.07, 6.45) is 3.74. The molecule has 1 heterocycles. The highest BCUT2D eigenvalue weighted by Gasteiger charge is 2.54. The van der Waals surface area contributed by atoms with Gasteiger partial charge >= 0.3 is 6.03 Å². The van der Waals surface area contributed by atoms with Crippen molar-refractivity contribution in [1.82, 2.24) is 10.2 Å². The third kappa shape index (κ3) is 2.82. The Bertz CT molecular complexity index is 680. The molecule has 0 aromatic heterocycles. The van der Waals surface area contributed by atoms with Crippen LogP contribution >= 0.6 is 0 Å². The van der Waals surface area contributed by atoms with Gasteiger partial charge in [0.15, 0.2) is 0 Å². The molecule has 0 unspecified atom stereocenters. The van der Waals surface area contributed by atoms with Crippen LogP contribution in [0.4, 0.5) is 4.79 Å². The second-order valence-electron chi connectivity index (χ2n) is 6.49. The fourth-order valence-corrected chi connectivity index (χ4v) is 3.58. The first kappa shape index (κ1) is 16.3. The maximum atomic E-state index is 12.8. The minimum atomic E-state index is -0.718. The molecule has 2 aliphatic rings. The smallest absolute Gasteiger partial charge is 0.325 e. The summed E-state index contributed by atoms with van der Waals surface area (Å²) in [5.41, 5.74) is -0.159. The highest BCUT2D eigenvalue weighted by atomic mass is 16.5. The normalized spacial score (nSPS) is 26.3. The van der Waals surface area contributed by atoms with Gasteiger partial charge in [0, 0.05) is 0 Å². The quantitative estimate of drug-likeness (QED) is 0.861. The summed E-state index contributed by atoms with van der Waals surface area (Å²) in [5.74, 6) is 0.650. The molecule has 2 fully saturated rings. The van der Waals surface area contributed by atoms with E-state index in [-0.39, 0.29) is 31.0 Å². The van der Waals surface area contributed by atoms with Crippen molar-refractivity contribution in [2.75, 3.05) is 13.2 Å². The number of amides is 3. The summed E-state index contributed by atoms with van der Waals surface area (Å²) < 4.78 is 5.58. The van der Waals surface area contributed by atoms with Crippen molar-refractivity contribution >= 4 is 11.9 Å². The highest BCUT2D eigenvalue weighted by molar-refractivity contribution is 6.07. The van der Waals surface area contributed by atoms with Gasteiger partial charge < -0.3 is 10.1 Å². The molecule has 1 aromatic carbocycles. The molecule has 6 heteroatoms. The van der Waals surface area contributed by atoms with Gasteiger partial charge in [-0.1, -0.05) is 19.8 Å². The first-order chi connectivity index (χ1) is 11.6. The molecule has 0 bridgehead atoms. The predicted octanol–water partition coefficient (Wildman–Crippen LogP) is 2.44. The third-order valence-corrected chi connectivity index (χ3v) is 5.07. The summed E-state index contributed by atoms with van der Waals surface area (Å²) in [5, 5.41) is 11.7. The van der Waals surface area contributed by atoms with Crippen LogP contribution in [0.3, 0.4) is 0 Å². The monoisotopic (exact) mass is 327 g/mol. The molecule has 1 aliphatic heterocycles. The van der Waals surface area contributed by atoms with E-state index in [0.29, 0.717) is 17.7 Å². The number of carbonyl (C=O) groups excluding carboxylic acids is 2. The maximum Gasteiger partial charge on any atom is 0.325 e. The van der Waals surface area contributed by atoms with Crippen molar-refractivity contribution in [2.24, 2.45) is 5.92 Å². The largest absolute Gasteiger partial charge is 0.492 e. The van der Waals surface area contributed by atoms with E-state index in [9.17, 15) is 9.59 Å². The van der Waals surface area contributed by atoms with Crippen LogP contribution in [0.2, 0.25) is 0 Å². The molecule has 126 valence electrons. The summed E-state index contributed by atoms with van der Waals surface area (Å²) in [6.45, 7) is 2.49. The lowest BCUT2D eigenvalue weighted by molar-refractivity contribution is -0.134. The van der Waals surface area contributed by atoms with Crippen LogP contribution < -0.4 is 10.1 Å². The number of urea groups is 1. The number of hydrogen-bond acceptors (Lipinski definition) is 4. The van der Waals surface area contributed by atoms with Crippen LogP contribution in [0.5, 0.6) is 5.75 Å². The van der Waals surface area contributed by atoms with E-state index in [1.807, 2.05) is 13.0 Å². The number of ether oxygens (including phenoxy) is 1. The molecule has 1 saturated carbocycles. The number of nitrogens with zero attached hydrogens (tertiary/aromatic N) is 2. The zero-order valence-electron chi connectivity index (χ0n) is 13.7. The van der Waals surface area contributed by atoms with Crippen LogP contribution in [0.25, 0.3) is 0 Å². The molecular weight excluding hydrogens is 306 g/mol. The van der Waals surface area contributed by atoms with Gasteiger partial charge in [0.2, 0.25) is 0 Å². The molecule has 3 amide bonds. The standard InChI is InChI=1S/C18H21N3O3/c1-13-4-2-3-9-18(13)16(22)21(17(23)20-18)10-11-24-15-7-5-14(12-19)6-8-15/h5-8,13H,2-4,9-11H2,1H3,(H,20,23)/t13-,18-/m0/s1. The number of imide groups is 1. The molecule has 2 atom stereocenters. The van der Waals surface area contributed by atoms with Gasteiger partial charge in [-0.3, -0.25) is 9.69 Å². The minimum absolute atomic E-state index is 0.122. The van der Waals surface area contributed by atoms with Crippen molar-refractivity contribution < 1.29 is 14.3 Å². The Kier molecular flexibility index (Phi) is 4.43. The van der Waals surface area contributed by atoms with Crippen LogP contribution in [0, 0.1) is 17.2 Å². The Hall–Kier alpha value is -2.55. The Balaban J connectivity index is 1.60. The average molecular weight is 327 g/mol. The first-order valence-electron chi connectivity index (χ1n) is 8.34. The number of nitrogens with one attached hydrogen (secondary N) is 1. The highest BCUT2D eigenvalue weighted by Crippen LogP contribution is 2.38. The van der Waals surface area contributed by atoms with Crippen LogP contribution in [-0.2, 0) is 4.79 Å². The van der Waals surface area contributed by atoms with Crippen molar-refractivity contribution in [3.8, 4) is 11.8 Å². The molecule has 24 heavy (non-hydrogen) atoms. The zero-order valence-corrected chi connectivity index (χ0v) is 13.7. The van der Waals surface area contributed by atoms with Gasteiger partial charge in [0.25, 0.3) is 5.91 Å². The second-order valence-corrected chi connectivity index (χ2v) is 6.49. The van der Waals surface area contributed by atoms with Crippen LogP contribution in [-0.4, -0.2) is 35.5 Å². The lowest BCUT2D eigenvalue weighted by Gasteiger charge is -2.36. The van der Waals surface area contributed by atoms with E-state index in [1.54, 1.807) is 24.3 Å². The Morgan fingerprint density at radius 1 is 1.33 bits per heavy atom. The van der Waals surface area contributed by atoms with E-state index in [0.717, 1.165) is 19.3 Å². The summed E-state index contributed by atoms with van der Waals surface area (Å²) >= 11 is 0. The second kappa shape index (κ2) is 6.52. The number of nitriles is 1. The predicted molar refractivity (Wildman–Crippen MR) is 87.3 cm³/mol. The Morgan fingerprint density at radius 3 is 2.75 bits per heavy atom.